The first-order valence-electron chi connectivity index (χ1n) is 6.98. The van der Waals surface area contributed by atoms with Crippen LogP contribution in [-0.4, -0.2) is 17.6 Å². The third kappa shape index (κ3) is 5.25. The summed E-state index contributed by atoms with van der Waals surface area (Å²) in [5, 5.41) is 0. The van der Waals surface area contributed by atoms with E-state index >= 15 is 0 Å². The summed E-state index contributed by atoms with van der Waals surface area (Å²) in [6.07, 6.45) is 7.68. The van der Waals surface area contributed by atoms with Gasteiger partial charge < -0.3 is 4.74 Å². The van der Waals surface area contributed by atoms with Gasteiger partial charge in [-0.2, -0.15) is 0 Å². The molecule has 0 amide bonds. The average molecular weight is 261 g/mol. The molecule has 0 aromatic carbocycles. The normalized spacial score (nSPS) is 11.4. The monoisotopic (exact) mass is 261 g/mol. The zero-order valence-corrected chi connectivity index (χ0v) is 12.1. The molecule has 0 spiro atoms. The van der Waals surface area contributed by atoms with Crippen molar-refractivity contribution in [1.82, 2.24) is 4.98 Å². The highest BCUT2D eigenvalue weighted by Gasteiger charge is 2.08. The van der Waals surface area contributed by atoms with Crippen LogP contribution in [0.3, 0.4) is 0 Å². The number of aryl methyl sites for hydroxylation is 1. The molecule has 1 aromatic heterocycles. The smallest absolute Gasteiger partial charge is 0.331 e. The molecule has 0 unspecified atom stereocenters. The molecule has 0 fully saturated rings. The van der Waals surface area contributed by atoms with E-state index in [4.69, 9.17) is 4.74 Å². The third-order valence-corrected chi connectivity index (χ3v) is 2.98. The largest absolute Gasteiger partial charge is 0.463 e. The molecule has 0 aliphatic carbocycles. The first-order valence-corrected chi connectivity index (χ1v) is 6.98. The van der Waals surface area contributed by atoms with Gasteiger partial charge in [0.25, 0.3) is 0 Å². The quantitative estimate of drug-likeness (QED) is 0.424. The minimum atomic E-state index is -0.266. The number of carbonyl (C=O) groups excluding carboxylic acids is 1. The van der Waals surface area contributed by atoms with Crippen LogP contribution >= 0.6 is 0 Å². The Labute approximate surface area is 115 Å². The lowest BCUT2D eigenvalue weighted by atomic mass is 9.98. The Morgan fingerprint density at radius 2 is 2.16 bits per heavy atom. The van der Waals surface area contributed by atoms with Crippen LogP contribution in [0.2, 0.25) is 0 Å². The van der Waals surface area contributed by atoms with Gasteiger partial charge in [0.05, 0.1) is 6.61 Å². The molecular formula is C16H23NO2. The Kier molecular flexibility index (Phi) is 6.86. The Balaban J connectivity index is 2.92. The van der Waals surface area contributed by atoms with Crippen LogP contribution in [0.25, 0.3) is 5.57 Å². The Bertz CT molecular complexity index is 438. The SMILES string of the molecule is CCCCCC(=CC(=O)OCC)c1cccnc1C. The van der Waals surface area contributed by atoms with Crippen molar-refractivity contribution in [3.8, 4) is 0 Å². The fraction of sp³-hybridized carbons (Fsp3) is 0.500. The van der Waals surface area contributed by atoms with Gasteiger partial charge >= 0.3 is 5.97 Å². The maximum atomic E-state index is 11.7. The third-order valence-electron chi connectivity index (χ3n) is 2.98. The number of hydrogen-bond donors (Lipinski definition) is 0. The van der Waals surface area contributed by atoms with E-state index in [-0.39, 0.29) is 5.97 Å². The van der Waals surface area contributed by atoms with Gasteiger partial charge in [-0.1, -0.05) is 25.8 Å². The lowest BCUT2D eigenvalue weighted by Crippen LogP contribution is -2.02. The molecule has 1 aromatic rings. The predicted molar refractivity (Wildman–Crippen MR) is 77.7 cm³/mol. The van der Waals surface area contributed by atoms with Gasteiger partial charge in [-0.15, -0.1) is 0 Å². The number of pyridine rings is 1. The minimum absolute atomic E-state index is 0.266. The fourth-order valence-corrected chi connectivity index (χ4v) is 2.00. The van der Waals surface area contributed by atoms with Crippen molar-refractivity contribution >= 4 is 11.5 Å². The Hall–Kier alpha value is -1.64. The zero-order chi connectivity index (χ0) is 14.1. The first-order chi connectivity index (χ1) is 9.19. The van der Waals surface area contributed by atoms with Crippen molar-refractivity contribution in [3.05, 3.63) is 35.7 Å². The van der Waals surface area contributed by atoms with Crippen molar-refractivity contribution in [2.45, 2.75) is 46.5 Å². The van der Waals surface area contributed by atoms with Crippen LogP contribution in [-0.2, 0) is 9.53 Å². The van der Waals surface area contributed by atoms with Crippen LogP contribution < -0.4 is 0 Å². The number of hydrogen-bond acceptors (Lipinski definition) is 3. The fourth-order valence-electron chi connectivity index (χ4n) is 2.00. The Morgan fingerprint density at radius 3 is 2.79 bits per heavy atom. The van der Waals surface area contributed by atoms with Crippen molar-refractivity contribution in [1.29, 1.82) is 0 Å². The standard InChI is InChI=1S/C16H23NO2/c1-4-6-7-9-14(12-16(18)19-5-2)15-10-8-11-17-13(15)3/h8,10-12H,4-7,9H2,1-3H3. The van der Waals surface area contributed by atoms with Gasteiger partial charge in [0.1, 0.15) is 0 Å². The van der Waals surface area contributed by atoms with Crippen LogP contribution in [0.15, 0.2) is 24.4 Å². The molecule has 3 nitrogen and oxygen atoms in total. The number of nitrogens with zero attached hydrogens (tertiary/aromatic N) is 1. The number of unbranched alkanes of at least 4 members (excludes halogenated alkanes) is 2. The van der Waals surface area contributed by atoms with Gasteiger partial charge in [-0.25, -0.2) is 4.79 Å². The maximum Gasteiger partial charge on any atom is 0.331 e. The van der Waals surface area contributed by atoms with Crippen LogP contribution in [0.1, 0.15) is 50.8 Å². The summed E-state index contributed by atoms with van der Waals surface area (Å²) in [7, 11) is 0. The number of ether oxygens (including phenoxy) is 1. The van der Waals surface area contributed by atoms with Crippen LogP contribution in [0.4, 0.5) is 0 Å². The van der Waals surface area contributed by atoms with E-state index in [2.05, 4.69) is 11.9 Å². The minimum Gasteiger partial charge on any atom is -0.463 e. The molecule has 0 saturated carbocycles. The molecule has 1 heterocycles. The molecule has 0 saturated heterocycles. The molecule has 0 N–H and O–H groups in total. The second kappa shape index (κ2) is 8.46. The van der Waals surface area contributed by atoms with Gasteiger partial charge in [-0.3, -0.25) is 4.98 Å². The summed E-state index contributed by atoms with van der Waals surface area (Å²) in [4.78, 5) is 15.9. The lowest BCUT2D eigenvalue weighted by Gasteiger charge is -2.10. The molecule has 104 valence electrons. The molecule has 0 bridgehead atoms. The summed E-state index contributed by atoms with van der Waals surface area (Å²) in [5.74, 6) is -0.266. The molecule has 0 aliphatic heterocycles. The molecule has 0 radical (unpaired) electrons. The number of allylic oxidation sites excluding steroid dienone is 1. The Morgan fingerprint density at radius 1 is 1.37 bits per heavy atom. The van der Waals surface area contributed by atoms with Gasteiger partial charge in [0.15, 0.2) is 0 Å². The first kappa shape index (κ1) is 15.4. The highest BCUT2D eigenvalue weighted by atomic mass is 16.5. The highest BCUT2D eigenvalue weighted by molar-refractivity contribution is 5.91. The number of esters is 1. The molecular weight excluding hydrogens is 238 g/mol. The molecule has 3 heteroatoms. The number of aromatic nitrogens is 1. The van der Waals surface area contributed by atoms with Crippen molar-refractivity contribution in [3.63, 3.8) is 0 Å². The topological polar surface area (TPSA) is 39.2 Å². The van der Waals surface area contributed by atoms with E-state index < -0.39 is 0 Å². The van der Waals surface area contributed by atoms with Crippen molar-refractivity contribution in [2.24, 2.45) is 0 Å². The summed E-state index contributed by atoms with van der Waals surface area (Å²) in [6, 6.07) is 3.92. The highest BCUT2D eigenvalue weighted by Crippen LogP contribution is 2.23. The molecule has 0 aliphatic rings. The van der Waals surface area contributed by atoms with E-state index in [1.54, 1.807) is 12.3 Å². The zero-order valence-electron chi connectivity index (χ0n) is 12.1. The van der Waals surface area contributed by atoms with Crippen LogP contribution in [0, 0.1) is 6.92 Å². The molecule has 19 heavy (non-hydrogen) atoms. The second-order valence-corrected chi connectivity index (χ2v) is 4.52. The van der Waals surface area contributed by atoms with Crippen molar-refractivity contribution < 1.29 is 9.53 Å². The number of rotatable bonds is 7. The predicted octanol–water partition coefficient (Wildman–Crippen LogP) is 3.92. The van der Waals surface area contributed by atoms with Gasteiger partial charge in [0, 0.05) is 18.0 Å². The van der Waals surface area contributed by atoms with E-state index in [1.807, 2.05) is 26.0 Å². The van der Waals surface area contributed by atoms with Gasteiger partial charge in [-0.05, 0) is 43.9 Å². The summed E-state index contributed by atoms with van der Waals surface area (Å²) >= 11 is 0. The summed E-state index contributed by atoms with van der Waals surface area (Å²) in [5.41, 5.74) is 3.03. The average Bonchev–Trinajstić information content (AvgIpc) is 2.39. The molecule has 1 rings (SSSR count). The number of carbonyl (C=O) groups is 1. The van der Waals surface area contributed by atoms with E-state index in [0.29, 0.717) is 6.61 Å². The second-order valence-electron chi connectivity index (χ2n) is 4.52. The van der Waals surface area contributed by atoms with Crippen molar-refractivity contribution in [2.75, 3.05) is 6.61 Å². The van der Waals surface area contributed by atoms with E-state index in [9.17, 15) is 4.79 Å². The maximum absolute atomic E-state index is 11.7. The summed E-state index contributed by atoms with van der Waals surface area (Å²) < 4.78 is 5.00. The molecule has 0 atom stereocenters. The van der Waals surface area contributed by atoms with Crippen LogP contribution in [0.5, 0.6) is 0 Å². The van der Waals surface area contributed by atoms with E-state index in [1.165, 1.54) is 12.8 Å². The van der Waals surface area contributed by atoms with E-state index in [0.717, 1.165) is 29.7 Å². The summed E-state index contributed by atoms with van der Waals surface area (Å²) in [6.45, 7) is 6.36. The van der Waals surface area contributed by atoms with Gasteiger partial charge in [0.2, 0.25) is 0 Å². The lowest BCUT2D eigenvalue weighted by molar-refractivity contribution is -0.137.